The van der Waals surface area contributed by atoms with E-state index in [9.17, 15) is 22.8 Å². The van der Waals surface area contributed by atoms with Gasteiger partial charge in [0.25, 0.3) is 5.91 Å². The fourth-order valence-corrected chi connectivity index (χ4v) is 3.23. The SMILES string of the molecule is CC1CCCC2(C1)C(=O)NC(=O)N2CCOCC(F)(F)F. The monoisotopic (exact) mass is 308 g/mol. The number of rotatable bonds is 4. The zero-order valence-electron chi connectivity index (χ0n) is 11.8. The number of ether oxygens (including phenoxy) is 1. The average Bonchev–Trinajstić information content (AvgIpc) is 2.56. The van der Waals surface area contributed by atoms with Crippen molar-refractivity contribution >= 4 is 11.9 Å². The molecule has 0 aromatic carbocycles. The summed E-state index contributed by atoms with van der Waals surface area (Å²) in [7, 11) is 0. The van der Waals surface area contributed by atoms with Crippen molar-refractivity contribution in [1.82, 2.24) is 10.2 Å². The summed E-state index contributed by atoms with van der Waals surface area (Å²) in [4.78, 5) is 25.3. The molecule has 0 aromatic rings. The molecule has 3 amide bonds. The molecule has 1 saturated carbocycles. The van der Waals surface area contributed by atoms with Gasteiger partial charge in [0.2, 0.25) is 0 Å². The molecule has 5 nitrogen and oxygen atoms in total. The highest BCUT2D eigenvalue weighted by molar-refractivity contribution is 6.07. The number of carbonyl (C=O) groups is 2. The van der Waals surface area contributed by atoms with Gasteiger partial charge in [-0.25, -0.2) is 4.79 Å². The first-order valence-electron chi connectivity index (χ1n) is 7.02. The summed E-state index contributed by atoms with van der Waals surface area (Å²) in [6, 6.07) is -0.537. The number of nitrogens with one attached hydrogen (secondary N) is 1. The Bertz CT molecular complexity index is 427. The van der Waals surface area contributed by atoms with E-state index in [0.717, 1.165) is 12.8 Å². The number of hydrogen-bond acceptors (Lipinski definition) is 3. The van der Waals surface area contributed by atoms with Gasteiger partial charge in [-0.2, -0.15) is 13.2 Å². The van der Waals surface area contributed by atoms with Crippen LogP contribution in [0.25, 0.3) is 0 Å². The molecule has 120 valence electrons. The minimum absolute atomic E-state index is 0.0135. The molecule has 2 unspecified atom stereocenters. The predicted molar refractivity (Wildman–Crippen MR) is 67.5 cm³/mol. The second-order valence-electron chi connectivity index (χ2n) is 5.81. The Hall–Kier alpha value is -1.31. The second kappa shape index (κ2) is 5.82. The van der Waals surface area contributed by atoms with Crippen LogP contribution in [0.2, 0.25) is 0 Å². The maximum Gasteiger partial charge on any atom is 0.411 e. The van der Waals surface area contributed by atoms with Gasteiger partial charge >= 0.3 is 12.2 Å². The molecular weight excluding hydrogens is 289 g/mol. The third kappa shape index (κ3) is 3.48. The minimum atomic E-state index is -4.39. The van der Waals surface area contributed by atoms with E-state index in [1.54, 1.807) is 0 Å². The first-order chi connectivity index (χ1) is 9.74. The number of urea groups is 1. The van der Waals surface area contributed by atoms with Gasteiger partial charge in [0.05, 0.1) is 6.61 Å². The molecule has 0 bridgehead atoms. The molecule has 21 heavy (non-hydrogen) atoms. The van der Waals surface area contributed by atoms with Crippen LogP contribution in [0, 0.1) is 5.92 Å². The molecule has 0 aromatic heterocycles. The van der Waals surface area contributed by atoms with Crippen LogP contribution < -0.4 is 5.32 Å². The van der Waals surface area contributed by atoms with Crippen molar-refractivity contribution in [3.05, 3.63) is 0 Å². The van der Waals surface area contributed by atoms with Gasteiger partial charge in [0.15, 0.2) is 0 Å². The molecule has 1 heterocycles. The fourth-order valence-electron chi connectivity index (χ4n) is 3.23. The Morgan fingerprint density at radius 1 is 1.43 bits per heavy atom. The molecule has 1 N–H and O–H groups in total. The summed E-state index contributed by atoms with van der Waals surface area (Å²) in [5, 5.41) is 2.28. The summed E-state index contributed by atoms with van der Waals surface area (Å²) in [6.07, 6.45) is -1.48. The molecule has 2 rings (SSSR count). The van der Waals surface area contributed by atoms with E-state index in [1.165, 1.54) is 4.90 Å². The van der Waals surface area contributed by atoms with Crippen LogP contribution in [-0.4, -0.2) is 48.3 Å². The Balaban J connectivity index is 1.98. The summed E-state index contributed by atoms with van der Waals surface area (Å²) >= 11 is 0. The van der Waals surface area contributed by atoms with Crippen molar-refractivity contribution in [3.63, 3.8) is 0 Å². The number of carbonyl (C=O) groups excluding carboxylic acids is 2. The van der Waals surface area contributed by atoms with Gasteiger partial charge < -0.3 is 9.64 Å². The predicted octanol–water partition coefficient (Wildman–Crippen LogP) is 2.07. The zero-order valence-corrected chi connectivity index (χ0v) is 11.8. The Morgan fingerprint density at radius 3 is 2.76 bits per heavy atom. The van der Waals surface area contributed by atoms with Gasteiger partial charge in [-0.1, -0.05) is 19.8 Å². The molecular formula is C13H19F3N2O3. The molecule has 1 saturated heterocycles. The number of alkyl halides is 3. The first kappa shape index (κ1) is 16.1. The van der Waals surface area contributed by atoms with Crippen molar-refractivity contribution in [2.45, 2.75) is 44.3 Å². The topological polar surface area (TPSA) is 58.6 Å². The molecule has 2 atom stereocenters. The number of amides is 3. The highest BCUT2D eigenvalue weighted by Gasteiger charge is 2.53. The standard InChI is InChI=1S/C13H19F3N2O3/c1-9-3-2-4-12(7-9)10(19)17-11(20)18(12)5-6-21-8-13(14,15)16/h9H,2-8H2,1H3,(H,17,19,20). The minimum Gasteiger partial charge on any atom is -0.370 e. The quantitative estimate of drug-likeness (QED) is 0.639. The highest BCUT2D eigenvalue weighted by Crippen LogP contribution is 2.39. The van der Waals surface area contributed by atoms with Gasteiger partial charge in [-0.05, 0) is 18.8 Å². The van der Waals surface area contributed by atoms with Gasteiger partial charge in [-0.15, -0.1) is 0 Å². The molecule has 1 spiro atoms. The van der Waals surface area contributed by atoms with Crippen LogP contribution >= 0.6 is 0 Å². The molecule has 2 fully saturated rings. The zero-order chi connectivity index (χ0) is 15.7. The third-order valence-electron chi connectivity index (χ3n) is 4.10. The fraction of sp³-hybridized carbons (Fsp3) is 0.846. The molecule has 8 heteroatoms. The van der Waals surface area contributed by atoms with Gasteiger partial charge in [0, 0.05) is 6.54 Å². The van der Waals surface area contributed by atoms with Crippen molar-refractivity contribution in [1.29, 1.82) is 0 Å². The Labute approximate surface area is 120 Å². The number of imide groups is 1. The molecule has 0 radical (unpaired) electrons. The van der Waals surface area contributed by atoms with E-state index in [1.807, 2.05) is 6.92 Å². The van der Waals surface area contributed by atoms with Crippen molar-refractivity contribution in [2.75, 3.05) is 19.8 Å². The van der Waals surface area contributed by atoms with E-state index in [4.69, 9.17) is 0 Å². The van der Waals surface area contributed by atoms with Crippen molar-refractivity contribution in [3.8, 4) is 0 Å². The van der Waals surface area contributed by atoms with Gasteiger partial charge in [-0.3, -0.25) is 10.1 Å². The highest BCUT2D eigenvalue weighted by atomic mass is 19.4. The maximum absolute atomic E-state index is 12.1. The second-order valence-corrected chi connectivity index (χ2v) is 5.81. The van der Waals surface area contributed by atoms with Crippen LogP contribution in [0.4, 0.5) is 18.0 Å². The van der Waals surface area contributed by atoms with E-state index >= 15 is 0 Å². The van der Waals surface area contributed by atoms with Crippen LogP contribution in [0.1, 0.15) is 32.6 Å². The lowest BCUT2D eigenvalue weighted by Crippen LogP contribution is -2.53. The van der Waals surface area contributed by atoms with E-state index in [0.29, 0.717) is 18.8 Å². The van der Waals surface area contributed by atoms with Gasteiger partial charge in [0.1, 0.15) is 12.1 Å². The lowest BCUT2D eigenvalue weighted by atomic mass is 9.75. The number of hydrogen-bond donors (Lipinski definition) is 1. The van der Waals surface area contributed by atoms with Crippen LogP contribution in [0.5, 0.6) is 0 Å². The summed E-state index contributed by atoms with van der Waals surface area (Å²) in [6.45, 7) is 0.409. The van der Waals surface area contributed by atoms with Crippen LogP contribution in [0.15, 0.2) is 0 Å². The first-order valence-corrected chi connectivity index (χ1v) is 7.02. The Morgan fingerprint density at radius 2 is 2.14 bits per heavy atom. The summed E-state index contributed by atoms with van der Waals surface area (Å²) in [5.41, 5.74) is -0.906. The summed E-state index contributed by atoms with van der Waals surface area (Å²) in [5.74, 6) is -0.0381. The summed E-state index contributed by atoms with van der Waals surface area (Å²) < 4.78 is 40.6. The molecule has 1 aliphatic carbocycles. The van der Waals surface area contributed by atoms with Crippen molar-refractivity contribution in [2.24, 2.45) is 5.92 Å². The number of nitrogens with zero attached hydrogens (tertiary/aromatic N) is 1. The lowest BCUT2D eigenvalue weighted by molar-refractivity contribution is -0.175. The molecule has 1 aliphatic heterocycles. The largest absolute Gasteiger partial charge is 0.411 e. The van der Waals surface area contributed by atoms with Crippen LogP contribution in [-0.2, 0) is 9.53 Å². The normalized spacial score (nSPS) is 30.1. The van der Waals surface area contributed by atoms with E-state index in [2.05, 4.69) is 10.1 Å². The van der Waals surface area contributed by atoms with E-state index < -0.39 is 24.4 Å². The van der Waals surface area contributed by atoms with Crippen molar-refractivity contribution < 1.29 is 27.5 Å². The lowest BCUT2D eigenvalue weighted by Gasteiger charge is -2.40. The third-order valence-corrected chi connectivity index (χ3v) is 4.10. The smallest absolute Gasteiger partial charge is 0.370 e. The van der Waals surface area contributed by atoms with Crippen LogP contribution in [0.3, 0.4) is 0 Å². The Kier molecular flexibility index (Phi) is 4.46. The van der Waals surface area contributed by atoms with E-state index in [-0.39, 0.29) is 19.1 Å². The number of halogens is 3. The molecule has 2 aliphatic rings. The average molecular weight is 308 g/mol. The maximum atomic E-state index is 12.1.